The van der Waals surface area contributed by atoms with Crippen LogP contribution in [-0.4, -0.2) is 0 Å². The van der Waals surface area contributed by atoms with Gasteiger partial charge in [0.2, 0.25) is 0 Å². The third kappa shape index (κ3) is 0.962. The molecule has 2 aliphatic carbocycles. The molecule has 0 nitrogen and oxygen atoms in total. The van der Waals surface area contributed by atoms with Gasteiger partial charge in [-0.25, -0.2) is 0 Å². The summed E-state index contributed by atoms with van der Waals surface area (Å²) in [6.07, 6.45) is 7.49. The first-order valence-electron chi connectivity index (χ1n) is 4.45. The van der Waals surface area contributed by atoms with Crippen LogP contribution in [0.25, 0.3) is 0 Å². The summed E-state index contributed by atoms with van der Waals surface area (Å²) in [7, 11) is 0. The highest BCUT2D eigenvalue weighted by Crippen LogP contribution is 2.53. The molecule has 3 unspecified atom stereocenters. The van der Waals surface area contributed by atoms with E-state index < -0.39 is 0 Å². The number of allylic oxidation sites excluding steroid dienone is 3. The van der Waals surface area contributed by atoms with Crippen molar-refractivity contribution in [2.24, 2.45) is 17.3 Å². The maximum atomic E-state index is 4.05. The molecule has 3 atom stereocenters. The van der Waals surface area contributed by atoms with Crippen molar-refractivity contribution in [3.05, 3.63) is 24.3 Å². The van der Waals surface area contributed by atoms with Gasteiger partial charge >= 0.3 is 0 Å². The van der Waals surface area contributed by atoms with Crippen LogP contribution < -0.4 is 0 Å². The third-order valence-corrected chi connectivity index (χ3v) is 3.28. The maximum Gasteiger partial charge on any atom is -0.0135 e. The van der Waals surface area contributed by atoms with Gasteiger partial charge in [-0.2, -0.15) is 0 Å². The highest BCUT2D eigenvalue weighted by Gasteiger charge is 2.43. The Morgan fingerprint density at radius 2 is 2.27 bits per heavy atom. The Kier molecular flexibility index (Phi) is 1.30. The number of rotatable bonds is 1. The van der Waals surface area contributed by atoms with Gasteiger partial charge in [0.1, 0.15) is 0 Å². The van der Waals surface area contributed by atoms with Gasteiger partial charge in [0, 0.05) is 0 Å². The lowest BCUT2D eigenvalue weighted by molar-refractivity contribution is 0.431. The fourth-order valence-corrected chi connectivity index (χ4v) is 2.65. The SMILES string of the molecule is C=C(C)C1CC2(C)C=CC1C2. The van der Waals surface area contributed by atoms with Crippen LogP contribution >= 0.6 is 0 Å². The van der Waals surface area contributed by atoms with Crippen molar-refractivity contribution >= 4 is 0 Å². The molecule has 0 amide bonds. The van der Waals surface area contributed by atoms with E-state index in [9.17, 15) is 0 Å². The molecule has 0 spiro atoms. The Balaban J connectivity index is 2.23. The zero-order valence-corrected chi connectivity index (χ0v) is 7.43. The second-order valence-electron chi connectivity index (χ2n) is 4.54. The maximum absolute atomic E-state index is 4.05. The Morgan fingerprint density at radius 1 is 1.55 bits per heavy atom. The van der Waals surface area contributed by atoms with Crippen molar-refractivity contribution < 1.29 is 0 Å². The molecular weight excluding hydrogens is 132 g/mol. The van der Waals surface area contributed by atoms with Gasteiger partial charge in [0.05, 0.1) is 0 Å². The van der Waals surface area contributed by atoms with E-state index in [1.807, 2.05) is 0 Å². The molecular formula is C11H16. The molecule has 2 aliphatic rings. The molecule has 2 rings (SSSR count). The zero-order valence-electron chi connectivity index (χ0n) is 7.43. The summed E-state index contributed by atoms with van der Waals surface area (Å²) in [5.41, 5.74) is 1.90. The van der Waals surface area contributed by atoms with Crippen LogP contribution in [-0.2, 0) is 0 Å². The monoisotopic (exact) mass is 148 g/mol. The van der Waals surface area contributed by atoms with E-state index in [4.69, 9.17) is 0 Å². The molecule has 60 valence electrons. The molecule has 0 aromatic rings. The lowest BCUT2D eigenvalue weighted by atomic mass is 9.83. The Labute approximate surface area is 69.0 Å². The van der Waals surface area contributed by atoms with Gasteiger partial charge in [0.25, 0.3) is 0 Å². The van der Waals surface area contributed by atoms with E-state index in [1.54, 1.807) is 0 Å². The molecule has 0 N–H and O–H groups in total. The predicted molar refractivity (Wildman–Crippen MR) is 48.3 cm³/mol. The summed E-state index contributed by atoms with van der Waals surface area (Å²) in [4.78, 5) is 0. The molecule has 0 heterocycles. The fourth-order valence-electron chi connectivity index (χ4n) is 2.65. The first-order chi connectivity index (χ1) is 5.11. The summed E-state index contributed by atoms with van der Waals surface area (Å²) in [5, 5.41) is 0. The minimum Gasteiger partial charge on any atom is -0.0998 e. The standard InChI is InChI=1S/C11H16/c1-8(2)10-7-11(3)5-4-9(10)6-11/h4-5,9-10H,1,6-7H2,2-3H3. The Morgan fingerprint density at radius 3 is 2.55 bits per heavy atom. The molecule has 2 bridgehead atoms. The van der Waals surface area contributed by atoms with Crippen LogP contribution in [0.1, 0.15) is 26.7 Å². The highest BCUT2D eigenvalue weighted by atomic mass is 14.5. The smallest absolute Gasteiger partial charge is 0.0135 e. The summed E-state index contributed by atoms with van der Waals surface area (Å²) in [6, 6.07) is 0. The second-order valence-corrected chi connectivity index (χ2v) is 4.54. The normalized spacial score (nSPS) is 46.7. The molecule has 0 saturated heterocycles. The minimum absolute atomic E-state index is 0.522. The van der Waals surface area contributed by atoms with Crippen LogP contribution in [0.3, 0.4) is 0 Å². The molecule has 1 fully saturated rings. The van der Waals surface area contributed by atoms with Gasteiger partial charge in [-0.15, -0.1) is 0 Å². The zero-order chi connectivity index (χ0) is 8.06. The quantitative estimate of drug-likeness (QED) is 0.501. The predicted octanol–water partition coefficient (Wildman–Crippen LogP) is 3.16. The lowest BCUT2D eigenvalue weighted by Crippen LogP contribution is -2.11. The highest BCUT2D eigenvalue weighted by molar-refractivity contribution is 5.22. The number of hydrogen-bond acceptors (Lipinski definition) is 0. The second kappa shape index (κ2) is 2.00. The minimum atomic E-state index is 0.522. The van der Waals surface area contributed by atoms with Crippen molar-refractivity contribution in [1.29, 1.82) is 0 Å². The molecule has 0 aromatic carbocycles. The van der Waals surface area contributed by atoms with Crippen LogP contribution in [0.15, 0.2) is 24.3 Å². The van der Waals surface area contributed by atoms with Crippen molar-refractivity contribution in [3.8, 4) is 0 Å². The van der Waals surface area contributed by atoms with E-state index in [0.717, 1.165) is 11.8 Å². The van der Waals surface area contributed by atoms with Crippen LogP contribution in [0.4, 0.5) is 0 Å². The molecule has 0 heteroatoms. The van der Waals surface area contributed by atoms with Crippen molar-refractivity contribution in [3.63, 3.8) is 0 Å². The fraction of sp³-hybridized carbons (Fsp3) is 0.636. The summed E-state index contributed by atoms with van der Waals surface area (Å²) >= 11 is 0. The average Bonchev–Trinajstić information content (AvgIpc) is 2.41. The van der Waals surface area contributed by atoms with Crippen LogP contribution in [0, 0.1) is 17.3 Å². The Bertz CT molecular complexity index is 224. The summed E-state index contributed by atoms with van der Waals surface area (Å²) < 4.78 is 0. The van der Waals surface area contributed by atoms with Gasteiger partial charge in [0.15, 0.2) is 0 Å². The molecule has 0 aliphatic heterocycles. The van der Waals surface area contributed by atoms with Gasteiger partial charge in [-0.1, -0.05) is 31.2 Å². The van der Waals surface area contributed by atoms with Gasteiger partial charge in [-0.3, -0.25) is 0 Å². The van der Waals surface area contributed by atoms with Crippen molar-refractivity contribution in [2.45, 2.75) is 26.7 Å². The van der Waals surface area contributed by atoms with E-state index in [2.05, 4.69) is 32.6 Å². The average molecular weight is 148 g/mol. The Hall–Kier alpha value is -0.520. The first-order valence-corrected chi connectivity index (χ1v) is 4.45. The van der Waals surface area contributed by atoms with Gasteiger partial charge in [-0.05, 0) is 37.0 Å². The van der Waals surface area contributed by atoms with E-state index in [-0.39, 0.29) is 0 Å². The van der Waals surface area contributed by atoms with Gasteiger partial charge < -0.3 is 0 Å². The topological polar surface area (TPSA) is 0 Å². The molecule has 0 radical (unpaired) electrons. The lowest BCUT2D eigenvalue weighted by Gasteiger charge is -2.21. The molecule has 0 aromatic heterocycles. The largest absolute Gasteiger partial charge is 0.0998 e. The molecule has 1 saturated carbocycles. The number of hydrogen-bond donors (Lipinski definition) is 0. The summed E-state index contributed by atoms with van der Waals surface area (Å²) in [6.45, 7) is 8.59. The van der Waals surface area contributed by atoms with E-state index in [0.29, 0.717) is 5.41 Å². The number of fused-ring (bicyclic) bond motifs is 2. The van der Waals surface area contributed by atoms with Crippen LogP contribution in [0.5, 0.6) is 0 Å². The summed E-state index contributed by atoms with van der Waals surface area (Å²) in [5.74, 6) is 1.60. The third-order valence-electron chi connectivity index (χ3n) is 3.28. The van der Waals surface area contributed by atoms with Crippen molar-refractivity contribution in [1.82, 2.24) is 0 Å². The van der Waals surface area contributed by atoms with Crippen molar-refractivity contribution in [2.75, 3.05) is 0 Å². The molecule has 11 heavy (non-hydrogen) atoms. The first kappa shape index (κ1) is 7.15. The van der Waals surface area contributed by atoms with E-state index in [1.165, 1.54) is 18.4 Å². The van der Waals surface area contributed by atoms with Crippen LogP contribution in [0.2, 0.25) is 0 Å². The van der Waals surface area contributed by atoms with E-state index >= 15 is 0 Å².